The molecule has 2 aromatic carbocycles. The number of nitro benzene ring substituents is 1. The average Bonchev–Trinajstić information content (AvgIpc) is 2.96. The van der Waals surface area contributed by atoms with Crippen molar-refractivity contribution >= 4 is 17.3 Å². The molecule has 24 heavy (non-hydrogen) atoms. The smallest absolute Gasteiger partial charge is 0.293 e. The van der Waals surface area contributed by atoms with Crippen molar-refractivity contribution in [1.82, 2.24) is 5.32 Å². The van der Waals surface area contributed by atoms with Crippen LogP contribution >= 0.6 is 0 Å². The molecule has 0 aromatic heterocycles. The van der Waals surface area contributed by atoms with Gasteiger partial charge in [0.25, 0.3) is 11.6 Å². The van der Waals surface area contributed by atoms with E-state index >= 15 is 0 Å². The topological polar surface area (TPSA) is 84.3 Å². The van der Waals surface area contributed by atoms with Gasteiger partial charge >= 0.3 is 0 Å². The molecule has 1 atom stereocenters. The highest BCUT2D eigenvalue weighted by Crippen LogP contribution is 2.37. The van der Waals surface area contributed by atoms with Crippen molar-refractivity contribution in [2.45, 2.75) is 18.9 Å². The normalized spacial score (nSPS) is 15.7. The summed E-state index contributed by atoms with van der Waals surface area (Å²) < 4.78 is 13.5. The molecule has 0 heterocycles. The second-order valence-electron chi connectivity index (χ2n) is 5.65. The molecule has 1 aliphatic carbocycles. The predicted octanol–water partition coefficient (Wildman–Crippen LogP) is 3.19. The summed E-state index contributed by atoms with van der Waals surface area (Å²) >= 11 is 0. The lowest BCUT2D eigenvalue weighted by Gasteiger charge is -2.16. The molecule has 1 unspecified atom stereocenters. The van der Waals surface area contributed by atoms with Crippen LogP contribution in [0.1, 0.15) is 33.9 Å². The largest absolute Gasteiger partial charge is 0.373 e. The van der Waals surface area contributed by atoms with Gasteiger partial charge in [0.1, 0.15) is 11.5 Å². The lowest BCUT2D eigenvalue weighted by Crippen LogP contribution is -2.18. The second-order valence-corrected chi connectivity index (χ2v) is 5.65. The lowest BCUT2D eigenvalue weighted by molar-refractivity contribution is -0.384. The summed E-state index contributed by atoms with van der Waals surface area (Å²) in [7, 11) is 1.46. The molecule has 0 radical (unpaired) electrons. The van der Waals surface area contributed by atoms with Gasteiger partial charge in [0, 0.05) is 18.7 Å². The van der Waals surface area contributed by atoms with Gasteiger partial charge < -0.3 is 10.6 Å². The molecule has 0 saturated carbocycles. The first-order valence-corrected chi connectivity index (χ1v) is 7.55. The summed E-state index contributed by atoms with van der Waals surface area (Å²) in [5, 5.41) is 16.9. The van der Waals surface area contributed by atoms with Crippen molar-refractivity contribution in [2.24, 2.45) is 0 Å². The van der Waals surface area contributed by atoms with Gasteiger partial charge in [0.15, 0.2) is 0 Å². The summed E-state index contributed by atoms with van der Waals surface area (Å²) in [6.07, 6.45) is 1.52. The Morgan fingerprint density at radius 3 is 2.79 bits per heavy atom. The van der Waals surface area contributed by atoms with E-state index in [9.17, 15) is 19.3 Å². The molecule has 0 spiro atoms. The van der Waals surface area contributed by atoms with E-state index in [4.69, 9.17) is 0 Å². The van der Waals surface area contributed by atoms with Gasteiger partial charge in [0.05, 0.1) is 11.0 Å². The van der Waals surface area contributed by atoms with Crippen LogP contribution in [-0.4, -0.2) is 17.9 Å². The molecule has 2 N–H and O–H groups in total. The first-order valence-electron chi connectivity index (χ1n) is 7.55. The maximum atomic E-state index is 13.5. The quantitative estimate of drug-likeness (QED) is 0.666. The minimum atomic E-state index is -0.532. The summed E-state index contributed by atoms with van der Waals surface area (Å²) in [5.41, 5.74) is 2.21. The summed E-state index contributed by atoms with van der Waals surface area (Å²) in [6, 6.07) is 8.71. The Bertz CT molecular complexity index is 823. The van der Waals surface area contributed by atoms with Crippen LogP contribution in [-0.2, 0) is 6.42 Å². The third-order valence-corrected chi connectivity index (χ3v) is 4.20. The third kappa shape index (κ3) is 2.92. The number of nitrogens with zero attached hydrogens (tertiary/aromatic N) is 1. The Hall–Kier alpha value is -2.96. The molecule has 7 heteroatoms. The van der Waals surface area contributed by atoms with E-state index in [0.29, 0.717) is 5.69 Å². The van der Waals surface area contributed by atoms with E-state index < -0.39 is 10.8 Å². The minimum absolute atomic E-state index is 0.180. The Morgan fingerprint density at radius 2 is 2.08 bits per heavy atom. The number of nitrogens with one attached hydrogen (secondary N) is 2. The molecule has 0 bridgehead atoms. The maximum absolute atomic E-state index is 13.5. The molecule has 1 amide bonds. The number of nitro groups is 1. The fraction of sp³-hybridized carbons (Fsp3) is 0.235. The number of fused-ring (bicyclic) bond motifs is 1. The number of hydrogen-bond donors (Lipinski definition) is 2. The summed E-state index contributed by atoms with van der Waals surface area (Å²) in [5.74, 6) is -0.718. The van der Waals surface area contributed by atoms with E-state index in [2.05, 4.69) is 10.6 Å². The Kier molecular flexibility index (Phi) is 4.16. The summed E-state index contributed by atoms with van der Waals surface area (Å²) in [6.45, 7) is 0. The van der Waals surface area contributed by atoms with Gasteiger partial charge in [-0.2, -0.15) is 0 Å². The van der Waals surface area contributed by atoms with Crippen molar-refractivity contribution in [3.8, 4) is 0 Å². The highest BCUT2D eigenvalue weighted by atomic mass is 19.1. The second kappa shape index (κ2) is 6.27. The fourth-order valence-corrected chi connectivity index (χ4v) is 3.00. The zero-order chi connectivity index (χ0) is 17.3. The van der Waals surface area contributed by atoms with E-state index in [0.717, 1.165) is 24.0 Å². The number of carbonyl (C=O) groups excluding carboxylic acids is 1. The van der Waals surface area contributed by atoms with E-state index in [-0.39, 0.29) is 23.1 Å². The van der Waals surface area contributed by atoms with E-state index in [1.807, 2.05) is 0 Å². The Balaban J connectivity index is 1.93. The lowest BCUT2D eigenvalue weighted by atomic mass is 10.1. The maximum Gasteiger partial charge on any atom is 0.293 e. The molecule has 124 valence electrons. The average molecular weight is 329 g/mol. The molecule has 1 aliphatic rings. The van der Waals surface area contributed by atoms with Crippen molar-refractivity contribution in [1.29, 1.82) is 0 Å². The van der Waals surface area contributed by atoms with Gasteiger partial charge in [-0.15, -0.1) is 0 Å². The van der Waals surface area contributed by atoms with Crippen LogP contribution in [0.3, 0.4) is 0 Å². The molecular weight excluding hydrogens is 313 g/mol. The first kappa shape index (κ1) is 15.9. The molecule has 0 fully saturated rings. The first-order chi connectivity index (χ1) is 11.5. The van der Waals surface area contributed by atoms with Crippen LogP contribution in [0.2, 0.25) is 0 Å². The van der Waals surface area contributed by atoms with Gasteiger partial charge in [-0.25, -0.2) is 4.39 Å². The highest BCUT2D eigenvalue weighted by Gasteiger charge is 2.26. The Labute approximate surface area is 137 Å². The van der Waals surface area contributed by atoms with Crippen molar-refractivity contribution in [3.05, 3.63) is 69.0 Å². The third-order valence-electron chi connectivity index (χ3n) is 4.20. The molecule has 0 aliphatic heterocycles. The number of benzene rings is 2. The number of anilines is 1. The number of amides is 1. The number of rotatable bonds is 4. The molecule has 0 saturated heterocycles. The standard InChI is InChI=1S/C17H16FN3O3/c1-19-17(22)11-4-7-15(16(8-11)21(23)24)20-14-6-3-10-2-5-12(18)9-13(10)14/h2,4-5,7-9,14,20H,3,6H2,1H3,(H,19,22). The molecule has 2 aromatic rings. The molecular formula is C17H16FN3O3. The van der Waals surface area contributed by atoms with E-state index in [1.54, 1.807) is 6.07 Å². The van der Waals surface area contributed by atoms with Gasteiger partial charge in [-0.1, -0.05) is 6.07 Å². The molecule has 3 rings (SSSR count). The SMILES string of the molecule is CNC(=O)c1ccc(NC2CCc3ccc(F)cc32)c([N+](=O)[O-])c1. The minimum Gasteiger partial charge on any atom is -0.373 e. The van der Waals surface area contributed by atoms with Crippen LogP contribution in [0.15, 0.2) is 36.4 Å². The summed E-state index contributed by atoms with van der Waals surface area (Å²) in [4.78, 5) is 22.5. The van der Waals surface area contributed by atoms with Crippen LogP contribution in [0.5, 0.6) is 0 Å². The van der Waals surface area contributed by atoms with Crippen molar-refractivity contribution < 1.29 is 14.1 Å². The van der Waals surface area contributed by atoms with Gasteiger partial charge in [-0.05, 0) is 48.2 Å². The predicted molar refractivity (Wildman–Crippen MR) is 87.6 cm³/mol. The number of hydrogen-bond acceptors (Lipinski definition) is 4. The number of halogens is 1. The Morgan fingerprint density at radius 1 is 1.29 bits per heavy atom. The van der Waals surface area contributed by atoms with E-state index in [1.165, 1.54) is 37.4 Å². The van der Waals surface area contributed by atoms with Gasteiger partial charge in [-0.3, -0.25) is 14.9 Å². The number of aryl methyl sites for hydroxylation is 1. The fourth-order valence-electron chi connectivity index (χ4n) is 3.00. The van der Waals surface area contributed by atoms with Gasteiger partial charge in [0.2, 0.25) is 0 Å². The highest BCUT2D eigenvalue weighted by molar-refractivity contribution is 5.95. The van der Waals surface area contributed by atoms with Crippen LogP contribution in [0, 0.1) is 15.9 Å². The van der Waals surface area contributed by atoms with Crippen molar-refractivity contribution in [2.75, 3.05) is 12.4 Å². The zero-order valence-corrected chi connectivity index (χ0v) is 13.0. The van der Waals surface area contributed by atoms with Crippen LogP contribution in [0.4, 0.5) is 15.8 Å². The monoisotopic (exact) mass is 329 g/mol. The van der Waals surface area contributed by atoms with Crippen LogP contribution in [0.25, 0.3) is 0 Å². The van der Waals surface area contributed by atoms with Crippen LogP contribution < -0.4 is 10.6 Å². The van der Waals surface area contributed by atoms with Crippen molar-refractivity contribution in [3.63, 3.8) is 0 Å². The molecule has 6 nitrogen and oxygen atoms in total. The zero-order valence-electron chi connectivity index (χ0n) is 13.0. The number of carbonyl (C=O) groups is 1.